The third kappa shape index (κ3) is 2.98. The van der Waals surface area contributed by atoms with Gasteiger partial charge in [-0.15, -0.1) is 5.10 Å². The topological polar surface area (TPSA) is 124 Å². The number of aromatic nitrogens is 3. The maximum absolute atomic E-state index is 9.73. The third-order valence-corrected chi connectivity index (χ3v) is 3.32. The molecule has 0 aliphatic heterocycles. The lowest BCUT2D eigenvalue weighted by molar-refractivity contribution is 0.367. The van der Waals surface area contributed by atoms with E-state index in [4.69, 9.17) is 4.74 Å². The number of benzene rings is 2. The van der Waals surface area contributed by atoms with Gasteiger partial charge in [-0.3, -0.25) is 5.10 Å². The van der Waals surface area contributed by atoms with Gasteiger partial charge < -0.3 is 20.1 Å². The Labute approximate surface area is 136 Å². The van der Waals surface area contributed by atoms with Gasteiger partial charge in [-0.05, 0) is 36.4 Å². The van der Waals surface area contributed by atoms with Crippen molar-refractivity contribution in [1.29, 1.82) is 0 Å². The lowest BCUT2D eigenvalue weighted by Crippen LogP contribution is -1.84. The van der Waals surface area contributed by atoms with Gasteiger partial charge >= 0.3 is 0 Å². The zero-order valence-electron chi connectivity index (χ0n) is 12.6. The summed E-state index contributed by atoms with van der Waals surface area (Å²) in [5.74, 6) is -0.0589. The molecule has 0 amide bonds. The molecule has 4 N–H and O–H groups in total. The third-order valence-electron chi connectivity index (χ3n) is 3.32. The molecule has 3 aromatic rings. The molecule has 8 nitrogen and oxygen atoms in total. The Kier molecular flexibility index (Phi) is 4.02. The van der Waals surface area contributed by atoms with Crippen LogP contribution in [-0.4, -0.2) is 43.8 Å². The Bertz CT molecular complexity index is 888. The van der Waals surface area contributed by atoms with E-state index in [2.05, 4.69) is 20.2 Å². The molecular weight excluding hydrogens is 312 g/mol. The number of hydrogen-bond acceptors (Lipinski definition) is 7. The average Bonchev–Trinajstić information content (AvgIpc) is 3.08. The Balaban J connectivity index is 1.82. The van der Waals surface area contributed by atoms with Crippen LogP contribution in [0.4, 0.5) is 5.95 Å². The number of phenolic OH excluding ortho intramolecular Hbond substituents is 3. The number of aliphatic imine (C=N–C) groups is 1. The molecule has 0 saturated carbocycles. The van der Waals surface area contributed by atoms with E-state index >= 15 is 0 Å². The van der Waals surface area contributed by atoms with Gasteiger partial charge in [0.2, 0.25) is 5.75 Å². The standard InChI is InChI=1S/C16H14N4O4/c1-24-11-5-2-9(3-6-11)15-18-16(20-19-15)17-8-10-4-7-12(21)14(23)13(10)22/h2-8,21-23H,1H3,(H,18,19,20)/b17-8+. The average molecular weight is 326 g/mol. The minimum absolute atomic E-state index is 0.160. The van der Waals surface area contributed by atoms with Gasteiger partial charge in [-0.25, -0.2) is 4.99 Å². The molecule has 24 heavy (non-hydrogen) atoms. The van der Waals surface area contributed by atoms with Crippen molar-refractivity contribution in [3.8, 4) is 34.4 Å². The van der Waals surface area contributed by atoms with Crippen molar-refractivity contribution in [3.63, 3.8) is 0 Å². The number of phenols is 3. The van der Waals surface area contributed by atoms with Crippen molar-refractivity contribution < 1.29 is 20.1 Å². The SMILES string of the molecule is COc1ccc(-c2nc(/N=C/c3ccc(O)c(O)c3O)n[nH]2)cc1. The summed E-state index contributed by atoms with van der Waals surface area (Å²) in [6.45, 7) is 0. The normalized spacial score (nSPS) is 11.0. The summed E-state index contributed by atoms with van der Waals surface area (Å²) in [6.07, 6.45) is 1.29. The molecule has 0 aliphatic rings. The highest BCUT2D eigenvalue weighted by atomic mass is 16.5. The Morgan fingerprint density at radius 3 is 2.50 bits per heavy atom. The van der Waals surface area contributed by atoms with Crippen LogP contribution in [0.1, 0.15) is 5.56 Å². The molecule has 8 heteroatoms. The second kappa shape index (κ2) is 6.29. The maximum Gasteiger partial charge on any atom is 0.268 e. The van der Waals surface area contributed by atoms with Gasteiger partial charge in [0.25, 0.3) is 5.95 Å². The Hall–Kier alpha value is -3.55. The molecule has 0 spiro atoms. The zero-order chi connectivity index (χ0) is 17.1. The number of nitrogens with zero attached hydrogens (tertiary/aromatic N) is 3. The van der Waals surface area contributed by atoms with Crippen LogP contribution >= 0.6 is 0 Å². The minimum Gasteiger partial charge on any atom is -0.504 e. The maximum atomic E-state index is 9.73. The first-order chi connectivity index (χ1) is 11.6. The van der Waals surface area contributed by atoms with Crippen molar-refractivity contribution in [2.45, 2.75) is 0 Å². The first-order valence-electron chi connectivity index (χ1n) is 6.93. The molecule has 0 radical (unpaired) electrons. The number of H-pyrrole nitrogens is 1. The van der Waals surface area contributed by atoms with Crippen LogP contribution in [0, 0.1) is 0 Å². The molecule has 0 atom stereocenters. The van der Waals surface area contributed by atoms with E-state index in [0.717, 1.165) is 11.3 Å². The van der Waals surface area contributed by atoms with Crippen LogP contribution < -0.4 is 4.74 Å². The number of methoxy groups -OCH3 is 1. The summed E-state index contributed by atoms with van der Waals surface area (Å²) >= 11 is 0. The number of hydrogen-bond donors (Lipinski definition) is 4. The highest BCUT2D eigenvalue weighted by Gasteiger charge is 2.10. The quantitative estimate of drug-likeness (QED) is 0.431. The lowest BCUT2D eigenvalue weighted by atomic mass is 10.2. The first-order valence-corrected chi connectivity index (χ1v) is 6.93. The second-order valence-corrected chi connectivity index (χ2v) is 4.84. The molecule has 1 aromatic heterocycles. The predicted molar refractivity (Wildman–Crippen MR) is 87.1 cm³/mol. The van der Waals surface area contributed by atoms with E-state index in [1.54, 1.807) is 19.2 Å². The van der Waals surface area contributed by atoms with Gasteiger partial charge in [0.15, 0.2) is 17.3 Å². The van der Waals surface area contributed by atoms with Crippen molar-refractivity contribution in [2.24, 2.45) is 4.99 Å². The van der Waals surface area contributed by atoms with Crippen LogP contribution in [0.5, 0.6) is 23.0 Å². The zero-order valence-corrected chi connectivity index (χ0v) is 12.6. The molecule has 0 saturated heterocycles. The van der Waals surface area contributed by atoms with E-state index in [-0.39, 0.29) is 11.5 Å². The fraction of sp³-hybridized carbons (Fsp3) is 0.0625. The molecule has 0 bridgehead atoms. The van der Waals surface area contributed by atoms with Gasteiger partial charge in [0, 0.05) is 17.3 Å². The van der Waals surface area contributed by atoms with Gasteiger partial charge in [0.1, 0.15) is 5.75 Å². The van der Waals surface area contributed by atoms with Crippen LogP contribution in [0.2, 0.25) is 0 Å². The van der Waals surface area contributed by atoms with Crippen LogP contribution in [-0.2, 0) is 0 Å². The minimum atomic E-state index is -0.604. The first kappa shape index (κ1) is 15.3. The summed E-state index contributed by atoms with van der Waals surface area (Å²) in [7, 11) is 1.59. The van der Waals surface area contributed by atoms with Crippen LogP contribution in [0.3, 0.4) is 0 Å². The van der Waals surface area contributed by atoms with Gasteiger partial charge in [-0.2, -0.15) is 4.98 Å². The summed E-state index contributed by atoms with van der Waals surface area (Å²) in [4.78, 5) is 8.25. The number of aromatic hydroxyl groups is 3. The van der Waals surface area contributed by atoms with E-state index in [1.165, 1.54) is 18.3 Å². The van der Waals surface area contributed by atoms with Crippen molar-refractivity contribution in [3.05, 3.63) is 42.0 Å². The fourth-order valence-electron chi connectivity index (χ4n) is 2.00. The number of ether oxygens (including phenoxy) is 1. The van der Waals surface area contributed by atoms with Crippen LogP contribution in [0.25, 0.3) is 11.4 Å². The fourth-order valence-corrected chi connectivity index (χ4v) is 2.00. The molecule has 0 unspecified atom stereocenters. The highest BCUT2D eigenvalue weighted by Crippen LogP contribution is 2.36. The van der Waals surface area contributed by atoms with E-state index in [9.17, 15) is 15.3 Å². The molecule has 1 heterocycles. The summed E-state index contributed by atoms with van der Waals surface area (Å²) < 4.78 is 5.10. The summed E-state index contributed by atoms with van der Waals surface area (Å²) in [5.41, 5.74) is 1.04. The van der Waals surface area contributed by atoms with Crippen molar-refractivity contribution in [1.82, 2.24) is 15.2 Å². The number of aromatic amines is 1. The molecule has 0 fully saturated rings. The van der Waals surface area contributed by atoms with Gasteiger partial charge in [0.05, 0.1) is 7.11 Å². The van der Waals surface area contributed by atoms with E-state index in [1.807, 2.05) is 12.1 Å². The number of nitrogens with one attached hydrogen (secondary N) is 1. The van der Waals surface area contributed by atoms with E-state index < -0.39 is 17.2 Å². The molecule has 0 aliphatic carbocycles. The monoisotopic (exact) mass is 326 g/mol. The largest absolute Gasteiger partial charge is 0.504 e. The Morgan fingerprint density at radius 1 is 1.04 bits per heavy atom. The van der Waals surface area contributed by atoms with Crippen molar-refractivity contribution >= 4 is 12.2 Å². The molecule has 2 aromatic carbocycles. The second-order valence-electron chi connectivity index (χ2n) is 4.84. The number of rotatable bonds is 4. The molecular formula is C16H14N4O4. The highest BCUT2D eigenvalue weighted by molar-refractivity contribution is 5.86. The summed E-state index contributed by atoms with van der Waals surface area (Å²) in [6, 6.07) is 9.92. The summed E-state index contributed by atoms with van der Waals surface area (Å²) in [5, 5.41) is 35.2. The molecule has 122 valence electrons. The van der Waals surface area contributed by atoms with Crippen LogP contribution in [0.15, 0.2) is 41.4 Å². The van der Waals surface area contributed by atoms with Crippen molar-refractivity contribution in [2.75, 3.05) is 7.11 Å². The lowest BCUT2D eigenvalue weighted by Gasteiger charge is -2.02. The smallest absolute Gasteiger partial charge is 0.268 e. The predicted octanol–water partition coefficient (Wildman–Crippen LogP) is 2.35. The van der Waals surface area contributed by atoms with E-state index in [0.29, 0.717) is 5.82 Å². The molecule has 3 rings (SSSR count). The van der Waals surface area contributed by atoms with Gasteiger partial charge in [-0.1, -0.05) is 0 Å². The Morgan fingerprint density at radius 2 is 1.79 bits per heavy atom.